The molecule has 3 heteroatoms. The number of hydrogen-bond acceptors (Lipinski definition) is 2. The molecular weight excluding hydrogens is 147 g/mol. The van der Waals surface area contributed by atoms with Crippen LogP contribution in [0.1, 0.15) is 19.8 Å². The third-order valence-corrected chi connectivity index (χ3v) is 3.67. The Kier molecular flexibility index (Phi) is 2.54. The van der Waals surface area contributed by atoms with Crippen molar-refractivity contribution in [2.75, 3.05) is 19.4 Å². The van der Waals surface area contributed by atoms with Crippen LogP contribution in [0.2, 0.25) is 0 Å². The molecule has 1 fully saturated rings. The molecule has 60 valence electrons. The first-order valence-electron chi connectivity index (χ1n) is 3.85. The Labute approximate surface area is 62.4 Å². The minimum atomic E-state index is -2.19. The van der Waals surface area contributed by atoms with E-state index in [1.807, 2.05) is 6.92 Å². The van der Waals surface area contributed by atoms with Gasteiger partial charge < -0.3 is 4.52 Å². The molecule has 1 rings (SSSR count). The van der Waals surface area contributed by atoms with Gasteiger partial charge in [0, 0.05) is 12.8 Å². The topological polar surface area (TPSA) is 26.3 Å². The summed E-state index contributed by atoms with van der Waals surface area (Å²) in [6.45, 7) is 4.22. The van der Waals surface area contributed by atoms with Gasteiger partial charge in [-0.25, -0.2) is 0 Å². The van der Waals surface area contributed by atoms with Crippen LogP contribution in [0.5, 0.6) is 0 Å². The molecule has 0 saturated heterocycles. The zero-order valence-corrected chi connectivity index (χ0v) is 7.56. The predicted molar refractivity (Wildman–Crippen MR) is 42.7 cm³/mol. The Balaban J connectivity index is 2.26. The molecule has 1 saturated carbocycles. The Morgan fingerprint density at radius 3 is 2.60 bits per heavy atom. The minimum absolute atomic E-state index is 0.584. The average molecular weight is 162 g/mol. The third-order valence-electron chi connectivity index (χ3n) is 1.69. The lowest BCUT2D eigenvalue weighted by atomic mass is 10.5. The normalized spacial score (nSPS) is 24.2. The molecule has 0 bridgehead atoms. The lowest BCUT2D eigenvalue weighted by Gasteiger charge is -2.10. The second kappa shape index (κ2) is 3.06. The highest BCUT2D eigenvalue weighted by Gasteiger charge is 2.29. The summed E-state index contributed by atoms with van der Waals surface area (Å²) in [7, 11) is -2.19. The predicted octanol–water partition coefficient (Wildman–Crippen LogP) is 2.34. The van der Waals surface area contributed by atoms with Crippen molar-refractivity contribution in [3.05, 3.63) is 0 Å². The van der Waals surface area contributed by atoms with Gasteiger partial charge in [-0.3, -0.25) is 4.57 Å². The van der Waals surface area contributed by atoms with Gasteiger partial charge in [-0.15, -0.1) is 0 Å². The van der Waals surface area contributed by atoms with Crippen LogP contribution in [0.4, 0.5) is 0 Å². The number of rotatable bonds is 4. The fourth-order valence-electron chi connectivity index (χ4n) is 1.10. The molecule has 1 atom stereocenters. The maximum atomic E-state index is 11.4. The van der Waals surface area contributed by atoms with Crippen LogP contribution < -0.4 is 0 Å². The lowest BCUT2D eigenvalue weighted by molar-refractivity contribution is 0.336. The van der Waals surface area contributed by atoms with Crippen molar-refractivity contribution in [1.82, 2.24) is 0 Å². The molecule has 0 heterocycles. The SMILES string of the molecule is CCOP(C)(=O)CC1CC1. The van der Waals surface area contributed by atoms with E-state index in [2.05, 4.69) is 0 Å². The highest BCUT2D eigenvalue weighted by Crippen LogP contribution is 2.49. The maximum Gasteiger partial charge on any atom is 0.200 e. The molecule has 1 aliphatic carbocycles. The number of hydrogen-bond donors (Lipinski definition) is 0. The Morgan fingerprint density at radius 2 is 2.20 bits per heavy atom. The Bertz CT molecular complexity index is 152. The molecule has 0 aromatic rings. The van der Waals surface area contributed by atoms with Crippen LogP contribution in [0.25, 0.3) is 0 Å². The van der Waals surface area contributed by atoms with Crippen molar-refractivity contribution < 1.29 is 9.09 Å². The van der Waals surface area contributed by atoms with Crippen LogP contribution >= 0.6 is 7.37 Å². The fourth-order valence-corrected chi connectivity index (χ4v) is 3.05. The van der Waals surface area contributed by atoms with Crippen LogP contribution in [0.15, 0.2) is 0 Å². The van der Waals surface area contributed by atoms with E-state index in [1.54, 1.807) is 6.66 Å². The molecule has 0 N–H and O–H groups in total. The first-order valence-corrected chi connectivity index (χ1v) is 6.11. The van der Waals surface area contributed by atoms with E-state index in [1.165, 1.54) is 12.8 Å². The Hall–Kier alpha value is 0.190. The summed E-state index contributed by atoms with van der Waals surface area (Å²) >= 11 is 0. The van der Waals surface area contributed by atoms with Gasteiger partial charge in [0.15, 0.2) is 7.37 Å². The van der Waals surface area contributed by atoms with Gasteiger partial charge in [0.25, 0.3) is 0 Å². The van der Waals surface area contributed by atoms with Gasteiger partial charge in [-0.05, 0) is 25.7 Å². The van der Waals surface area contributed by atoms with Crippen molar-refractivity contribution in [3.63, 3.8) is 0 Å². The smallest absolute Gasteiger partial charge is 0.200 e. The van der Waals surface area contributed by atoms with Crippen LogP contribution in [-0.4, -0.2) is 19.4 Å². The van der Waals surface area contributed by atoms with Crippen LogP contribution in [-0.2, 0) is 9.09 Å². The zero-order valence-electron chi connectivity index (χ0n) is 6.67. The first-order chi connectivity index (χ1) is 4.64. The summed E-state index contributed by atoms with van der Waals surface area (Å²) in [5, 5.41) is 0. The molecule has 0 aliphatic heterocycles. The second-order valence-corrected chi connectivity index (χ2v) is 5.71. The first kappa shape index (κ1) is 8.29. The summed E-state index contributed by atoms with van der Waals surface area (Å²) in [4.78, 5) is 0. The van der Waals surface area contributed by atoms with E-state index >= 15 is 0 Å². The summed E-state index contributed by atoms with van der Waals surface area (Å²) in [5.74, 6) is 0.711. The van der Waals surface area contributed by atoms with E-state index in [9.17, 15) is 4.57 Å². The van der Waals surface area contributed by atoms with Crippen molar-refractivity contribution in [1.29, 1.82) is 0 Å². The van der Waals surface area contributed by atoms with E-state index in [-0.39, 0.29) is 0 Å². The summed E-state index contributed by atoms with van der Waals surface area (Å²) in [6.07, 6.45) is 3.32. The molecular formula is C7H15O2P. The van der Waals surface area contributed by atoms with Gasteiger partial charge >= 0.3 is 0 Å². The summed E-state index contributed by atoms with van der Waals surface area (Å²) in [6, 6.07) is 0. The molecule has 0 spiro atoms. The molecule has 0 aromatic carbocycles. The summed E-state index contributed by atoms with van der Waals surface area (Å²) in [5.41, 5.74) is 0. The fraction of sp³-hybridized carbons (Fsp3) is 1.00. The lowest BCUT2D eigenvalue weighted by Crippen LogP contribution is -1.94. The van der Waals surface area contributed by atoms with Gasteiger partial charge in [0.1, 0.15) is 0 Å². The zero-order chi connectivity index (χ0) is 7.61. The molecule has 10 heavy (non-hydrogen) atoms. The molecule has 2 nitrogen and oxygen atoms in total. The van der Waals surface area contributed by atoms with Gasteiger partial charge in [-0.2, -0.15) is 0 Å². The van der Waals surface area contributed by atoms with Crippen molar-refractivity contribution in [2.24, 2.45) is 5.92 Å². The molecule has 1 aliphatic rings. The van der Waals surface area contributed by atoms with Gasteiger partial charge in [0.05, 0.1) is 6.61 Å². The van der Waals surface area contributed by atoms with E-state index in [0.717, 1.165) is 6.16 Å². The van der Waals surface area contributed by atoms with Gasteiger partial charge in [-0.1, -0.05) is 0 Å². The Morgan fingerprint density at radius 1 is 1.60 bits per heavy atom. The van der Waals surface area contributed by atoms with Crippen molar-refractivity contribution >= 4 is 7.37 Å². The highest BCUT2D eigenvalue weighted by molar-refractivity contribution is 7.58. The van der Waals surface area contributed by atoms with Crippen LogP contribution in [0.3, 0.4) is 0 Å². The molecule has 0 amide bonds. The minimum Gasteiger partial charge on any atom is -0.329 e. The highest BCUT2D eigenvalue weighted by atomic mass is 31.2. The van der Waals surface area contributed by atoms with Crippen LogP contribution in [0, 0.1) is 5.92 Å². The third kappa shape index (κ3) is 2.85. The van der Waals surface area contributed by atoms with Crippen molar-refractivity contribution in [2.45, 2.75) is 19.8 Å². The van der Waals surface area contributed by atoms with Gasteiger partial charge in [0.2, 0.25) is 0 Å². The maximum absolute atomic E-state index is 11.4. The second-order valence-electron chi connectivity index (χ2n) is 3.06. The molecule has 1 unspecified atom stereocenters. The molecule has 0 aromatic heterocycles. The average Bonchev–Trinajstić information content (AvgIpc) is 2.48. The summed E-state index contributed by atoms with van der Waals surface area (Å²) < 4.78 is 16.6. The van der Waals surface area contributed by atoms with E-state index in [4.69, 9.17) is 4.52 Å². The monoisotopic (exact) mass is 162 g/mol. The quantitative estimate of drug-likeness (QED) is 0.593. The molecule has 0 radical (unpaired) electrons. The van der Waals surface area contributed by atoms with Crippen molar-refractivity contribution in [3.8, 4) is 0 Å². The van der Waals surface area contributed by atoms with E-state index < -0.39 is 7.37 Å². The van der Waals surface area contributed by atoms with E-state index in [0.29, 0.717) is 12.5 Å². The standard InChI is InChI=1S/C7H15O2P/c1-3-9-10(2,8)6-7-4-5-7/h7H,3-6H2,1-2H3. The largest absolute Gasteiger partial charge is 0.329 e.